The van der Waals surface area contributed by atoms with E-state index in [0.717, 1.165) is 12.1 Å². The lowest BCUT2D eigenvalue weighted by Gasteiger charge is -2.17. The number of methoxy groups -OCH3 is 1. The summed E-state index contributed by atoms with van der Waals surface area (Å²) in [5.41, 5.74) is -0.440. The van der Waals surface area contributed by atoms with Crippen molar-refractivity contribution in [2.45, 2.75) is 19.2 Å². The fourth-order valence-electron chi connectivity index (χ4n) is 2.25. The van der Waals surface area contributed by atoms with E-state index in [1.54, 1.807) is 24.3 Å². The Bertz CT molecular complexity index is 943. The van der Waals surface area contributed by atoms with Gasteiger partial charge in [-0.15, -0.1) is 5.11 Å². The van der Waals surface area contributed by atoms with Gasteiger partial charge in [-0.25, -0.2) is 4.79 Å². The van der Waals surface area contributed by atoms with Gasteiger partial charge in [0.1, 0.15) is 23.8 Å². The van der Waals surface area contributed by atoms with E-state index in [-0.39, 0.29) is 24.5 Å². The van der Waals surface area contributed by atoms with Gasteiger partial charge in [-0.1, -0.05) is 6.58 Å². The lowest BCUT2D eigenvalue weighted by Crippen LogP contribution is -2.29. The van der Waals surface area contributed by atoms with Gasteiger partial charge in [0, 0.05) is 12.7 Å². The first-order chi connectivity index (χ1) is 14.6. The van der Waals surface area contributed by atoms with E-state index in [4.69, 9.17) is 14.2 Å². The van der Waals surface area contributed by atoms with Crippen molar-refractivity contribution in [3.63, 3.8) is 0 Å². The number of esters is 1. The Labute approximate surface area is 176 Å². The molecular weight excluding hydrogens is 417 g/mol. The first-order valence-corrected chi connectivity index (χ1v) is 9.00. The van der Waals surface area contributed by atoms with Crippen LogP contribution in [-0.4, -0.2) is 37.5 Å². The molecule has 0 fully saturated rings. The summed E-state index contributed by atoms with van der Waals surface area (Å²) in [7, 11) is 1.47. The molecule has 1 unspecified atom stereocenters. The fraction of sp³-hybridized carbons (Fsp3) is 0.286. The highest BCUT2D eigenvalue weighted by Gasteiger charge is 2.31. The summed E-state index contributed by atoms with van der Waals surface area (Å²) in [5, 5.41) is 17.4. The fourth-order valence-corrected chi connectivity index (χ4v) is 2.25. The number of nitrogens with zero attached hydrogens (tertiary/aromatic N) is 2. The lowest BCUT2D eigenvalue weighted by atomic mass is 10.2. The molecule has 2 aromatic rings. The van der Waals surface area contributed by atoms with E-state index >= 15 is 0 Å². The third-order valence-electron chi connectivity index (χ3n) is 3.82. The number of carbonyl (C=O) groups excluding carboxylic acids is 1. The molecule has 0 saturated heterocycles. The summed E-state index contributed by atoms with van der Waals surface area (Å²) in [6.07, 6.45) is -5.19. The quantitative estimate of drug-likeness (QED) is 0.324. The van der Waals surface area contributed by atoms with Crippen molar-refractivity contribution in [1.29, 1.82) is 0 Å². The maximum absolute atomic E-state index is 12.6. The lowest BCUT2D eigenvalue weighted by molar-refractivity contribution is -0.148. The van der Waals surface area contributed by atoms with Crippen molar-refractivity contribution in [2.75, 3.05) is 20.3 Å². The monoisotopic (exact) mass is 438 g/mol. The molecule has 7 nitrogen and oxygen atoms in total. The summed E-state index contributed by atoms with van der Waals surface area (Å²) >= 11 is 0. The molecule has 0 aliphatic heterocycles. The zero-order valence-corrected chi connectivity index (χ0v) is 16.8. The van der Waals surface area contributed by atoms with Crippen LogP contribution < -0.4 is 4.74 Å². The maximum atomic E-state index is 12.6. The van der Waals surface area contributed by atoms with Crippen molar-refractivity contribution < 1.29 is 37.3 Å². The number of halogens is 3. The molecule has 1 N–H and O–H groups in total. The van der Waals surface area contributed by atoms with Crippen LogP contribution in [0.3, 0.4) is 0 Å². The Balaban J connectivity index is 1.98. The third kappa shape index (κ3) is 7.41. The van der Waals surface area contributed by atoms with Gasteiger partial charge >= 0.3 is 12.1 Å². The number of hydrogen-bond acceptors (Lipinski definition) is 7. The molecule has 10 heteroatoms. The number of phenols is 1. The predicted molar refractivity (Wildman–Crippen MR) is 106 cm³/mol. The van der Waals surface area contributed by atoms with Crippen LogP contribution in [0.15, 0.2) is 64.8 Å². The summed E-state index contributed by atoms with van der Waals surface area (Å²) < 4.78 is 53.7. The summed E-state index contributed by atoms with van der Waals surface area (Å²) in [6.45, 7) is 5.24. The van der Waals surface area contributed by atoms with Crippen LogP contribution in [-0.2, 0) is 20.4 Å². The second-order valence-corrected chi connectivity index (χ2v) is 6.47. The molecule has 0 amide bonds. The number of alkyl halides is 3. The molecule has 0 saturated carbocycles. The van der Waals surface area contributed by atoms with E-state index in [9.17, 15) is 23.1 Å². The van der Waals surface area contributed by atoms with Crippen molar-refractivity contribution >= 4 is 17.3 Å². The molecule has 31 heavy (non-hydrogen) atoms. The topological polar surface area (TPSA) is 89.7 Å². The normalized spacial score (nSPS) is 12.5. The number of aromatic hydroxyl groups is 1. The van der Waals surface area contributed by atoms with Gasteiger partial charge in [0.15, 0.2) is 6.10 Å². The van der Waals surface area contributed by atoms with Crippen LogP contribution in [0.4, 0.5) is 24.5 Å². The Kier molecular flexibility index (Phi) is 8.14. The number of ether oxygens (including phenoxy) is 3. The van der Waals surface area contributed by atoms with Gasteiger partial charge in [-0.2, -0.15) is 18.3 Å². The molecule has 0 spiro atoms. The third-order valence-corrected chi connectivity index (χ3v) is 3.82. The van der Waals surface area contributed by atoms with Gasteiger partial charge in [0.2, 0.25) is 0 Å². The average Bonchev–Trinajstić information content (AvgIpc) is 2.71. The molecular formula is C21H21F3N2O5. The van der Waals surface area contributed by atoms with Crippen molar-refractivity contribution in [1.82, 2.24) is 0 Å². The Morgan fingerprint density at radius 1 is 1.13 bits per heavy atom. The smallest absolute Gasteiger partial charge is 0.416 e. The van der Waals surface area contributed by atoms with Crippen LogP contribution in [0.25, 0.3) is 0 Å². The molecule has 0 aliphatic rings. The van der Waals surface area contributed by atoms with E-state index in [1.165, 1.54) is 14.0 Å². The van der Waals surface area contributed by atoms with Gasteiger partial charge in [0.25, 0.3) is 0 Å². The molecule has 0 heterocycles. The molecule has 0 radical (unpaired) electrons. The van der Waals surface area contributed by atoms with Gasteiger partial charge in [-0.3, -0.25) is 0 Å². The maximum Gasteiger partial charge on any atom is 0.416 e. The van der Waals surface area contributed by atoms with E-state index < -0.39 is 29.6 Å². The molecule has 1 atom stereocenters. The molecule has 166 valence electrons. The second kappa shape index (κ2) is 10.6. The first kappa shape index (κ1) is 23.9. The number of rotatable bonds is 9. The van der Waals surface area contributed by atoms with Crippen LogP contribution in [0.5, 0.6) is 11.5 Å². The van der Waals surface area contributed by atoms with Crippen molar-refractivity contribution in [2.24, 2.45) is 10.2 Å². The van der Waals surface area contributed by atoms with E-state index in [0.29, 0.717) is 17.5 Å². The van der Waals surface area contributed by atoms with Crippen LogP contribution >= 0.6 is 0 Å². The molecule has 0 aliphatic carbocycles. The van der Waals surface area contributed by atoms with Gasteiger partial charge in [0.05, 0.1) is 17.9 Å². The van der Waals surface area contributed by atoms with E-state index in [2.05, 4.69) is 16.8 Å². The Morgan fingerprint density at radius 2 is 1.81 bits per heavy atom. The highest BCUT2D eigenvalue weighted by molar-refractivity contribution is 5.87. The zero-order chi connectivity index (χ0) is 23.0. The predicted octanol–water partition coefficient (Wildman–Crippen LogP) is 5.34. The number of azo groups is 1. The SMILES string of the molecule is C=C(C)C(=O)OC(COC)COc1ccc(N=Nc2ccc(C(F)(F)F)cc2O)cc1. The number of phenolic OH excluding ortho intramolecular Hbond substituents is 1. The summed E-state index contributed by atoms with van der Waals surface area (Å²) in [4.78, 5) is 11.6. The van der Waals surface area contributed by atoms with Gasteiger partial charge in [-0.05, 0) is 49.4 Å². The van der Waals surface area contributed by atoms with Gasteiger partial charge < -0.3 is 19.3 Å². The molecule has 0 aromatic heterocycles. The number of carbonyl (C=O) groups is 1. The van der Waals surface area contributed by atoms with Crippen LogP contribution in [0.2, 0.25) is 0 Å². The molecule has 0 bridgehead atoms. The largest absolute Gasteiger partial charge is 0.506 e. The minimum atomic E-state index is -4.56. The Hall–Kier alpha value is -3.40. The summed E-state index contributed by atoms with van der Waals surface area (Å²) in [5.74, 6) is -0.719. The standard InChI is InChI=1S/C21H21F3N2O5/c1-13(2)20(28)31-17(11-29-3)12-30-16-7-5-15(6-8-16)25-26-18-9-4-14(10-19(18)27)21(22,23)24/h4-10,17,27H,1,11-12H2,2-3H3. The second-order valence-electron chi connectivity index (χ2n) is 6.47. The number of hydrogen-bond donors (Lipinski definition) is 1. The minimum absolute atomic E-state index is 0.0488. The van der Waals surface area contributed by atoms with Crippen molar-refractivity contribution in [3.8, 4) is 11.5 Å². The Morgan fingerprint density at radius 3 is 2.35 bits per heavy atom. The highest BCUT2D eigenvalue weighted by atomic mass is 19.4. The van der Waals surface area contributed by atoms with Crippen LogP contribution in [0, 0.1) is 0 Å². The van der Waals surface area contributed by atoms with Crippen molar-refractivity contribution in [3.05, 3.63) is 60.2 Å². The van der Waals surface area contributed by atoms with Crippen LogP contribution in [0.1, 0.15) is 12.5 Å². The molecule has 2 aromatic carbocycles. The zero-order valence-electron chi connectivity index (χ0n) is 16.8. The average molecular weight is 438 g/mol. The summed E-state index contributed by atoms with van der Waals surface area (Å²) in [6, 6.07) is 8.72. The number of benzene rings is 2. The van der Waals surface area contributed by atoms with E-state index in [1.807, 2.05) is 0 Å². The minimum Gasteiger partial charge on any atom is -0.506 e. The highest BCUT2D eigenvalue weighted by Crippen LogP contribution is 2.36. The first-order valence-electron chi connectivity index (χ1n) is 9.00. The molecule has 2 rings (SSSR count).